The lowest BCUT2D eigenvalue weighted by atomic mass is 10.2. The zero-order valence-electron chi connectivity index (χ0n) is 14.2. The van der Waals surface area contributed by atoms with E-state index in [2.05, 4.69) is 26.2 Å². The van der Waals surface area contributed by atoms with Crippen LogP contribution in [0, 0.1) is 0 Å². The van der Waals surface area contributed by atoms with Gasteiger partial charge in [0.25, 0.3) is 0 Å². The highest BCUT2D eigenvalue weighted by molar-refractivity contribution is 9.09. The van der Waals surface area contributed by atoms with E-state index in [0.717, 1.165) is 29.6 Å². The molecule has 0 spiro atoms. The van der Waals surface area contributed by atoms with Gasteiger partial charge >= 0.3 is 5.97 Å². The number of hydrogen-bond acceptors (Lipinski definition) is 5. The fourth-order valence-electron chi connectivity index (χ4n) is 1.99. The van der Waals surface area contributed by atoms with Crippen molar-refractivity contribution in [2.45, 2.75) is 19.8 Å². The molecule has 2 aromatic carbocycles. The fourth-order valence-corrected chi connectivity index (χ4v) is 2.39. The molecular weight excluding hydrogens is 384 g/mol. The van der Waals surface area contributed by atoms with E-state index in [1.165, 1.54) is 0 Å². The Bertz CT molecular complexity index is 685. The molecule has 0 aliphatic carbocycles. The topological polar surface area (TPSA) is 60.2 Å². The molecule has 0 saturated carbocycles. The fraction of sp³-hybridized carbons (Fsp3) is 0.316. The Morgan fingerprint density at radius 2 is 1.56 bits per heavy atom. The first-order valence-electron chi connectivity index (χ1n) is 8.20. The van der Waals surface area contributed by atoms with Crippen molar-refractivity contribution < 1.29 is 14.3 Å². The summed E-state index contributed by atoms with van der Waals surface area (Å²) in [5.74, 6) is 0.491. The number of ether oxygens (including phenoxy) is 2. The second kappa shape index (κ2) is 10.6. The molecule has 0 aromatic heterocycles. The van der Waals surface area contributed by atoms with Gasteiger partial charge in [-0.3, -0.25) is 0 Å². The molecule has 0 heterocycles. The van der Waals surface area contributed by atoms with E-state index in [-0.39, 0.29) is 5.97 Å². The van der Waals surface area contributed by atoms with Crippen molar-refractivity contribution in [2.24, 2.45) is 10.2 Å². The van der Waals surface area contributed by atoms with E-state index < -0.39 is 0 Å². The van der Waals surface area contributed by atoms with E-state index in [1.807, 2.05) is 24.3 Å². The third kappa shape index (κ3) is 6.66. The lowest BCUT2D eigenvalue weighted by molar-refractivity contribution is 0.0526. The van der Waals surface area contributed by atoms with E-state index in [1.54, 1.807) is 31.2 Å². The third-order valence-corrected chi connectivity index (χ3v) is 3.85. The molecule has 2 rings (SSSR count). The van der Waals surface area contributed by atoms with Crippen LogP contribution in [0.25, 0.3) is 0 Å². The minimum absolute atomic E-state index is 0.335. The highest BCUT2D eigenvalue weighted by atomic mass is 79.9. The van der Waals surface area contributed by atoms with Crippen LogP contribution >= 0.6 is 15.9 Å². The summed E-state index contributed by atoms with van der Waals surface area (Å²) in [6.45, 7) is 2.84. The maximum absolute atomic E-state index is 11.6. The Balaban J connectivity index is 1.89. The molecule has 0 fully saturated rings. The van der Waals surface area contributed by atoms with Gasteiger partial charge in [-0.15, -0.1) is 0 Å². The SMILES string of the molecule is CCOC(=O)c1ccc(N=Nc2ccc(OCCCCBr)cc2)cc1. The molecule has 0 unspecified atom stereocenters. The second-order valence-corrected chi connectivity index (χ2v) is 6.00. The van der Waals surface area contributed by atoms with E-state index in [9.17, 15) is 4.79 Å². The summed E-state index contributed by atoms with van der Waals surface area (Å²) >= 11 is 3.40. The number of nitrogens with zero attached hydrogens (tertiary/aromatic N) is 2. The molecule has 0 atom stereocenters. The first-order chi connectivity index (χ1) is 12.2. The lowest BCUT2D eigenvalue weighted by Gasteiger charge is -2.05. The number of carbonyl (C=O) groups excluding carboxylic acids is 1. The largest absolute Gasteiger partial charge is 0.494 e. The number of halogens is 1. The Hall–Kier alpha value is -2.21. The number of alkyl halides is 1. The minimum atomic E-state index is -0.335. The van der Waals surface area contributed by atoms with Crippen molar-refractivity contribution in [3.8, 4) is 5.75 Å². The van der Waals surface area contributed by atoms with Crippen LogP contribution in [0.5, 0.6) is 5.75 Å². The average molecular weight is 405 g/mol. The van der Waals surface area contributed by atoms with Gasteiger partial charge in [0, 0.05) is 5.33 Å². The van der Waals surface area contributed by atoms with E-state index in [4.69, 9.17) is 9.47 Å². The average Bonchev–Trinajstić information content (AvgIpc) is 2.65. The summed E-state index contributed by atoms with van der Waals surface area (Å²) in [7, 11) is 0. The minimum Gasteiger partial charge on any atom is -0.494 e. The molecule has 5 nitrogen and oxygen atoms in total. The van der Waals surface area contributed by atoms with Crippen LogP contribution in [0.1, 0.15) is 30.1 Å². The second-order valence-electron chi connectivity index (χ2n) is 5.21. The van der Waals surface area contributed by atoms with Crippen molar-refractivity contribution in [2.75, 3.05) is 18.5 Å². The smallest absolute Gasteiger partial charge is 0.338 e. The number of rotatable bonds is 9. The standard InChI is InChI=1S/C19H21BrN2O3/c1-2-24-19(23)15-5-7-16(8-6-15)21-22-17-9-11-18(12-10-17)25-14-4-3-13-20/h5-12H,2-4,13-14H2,1H3. The summed E-state index contributed by atoms with van der Waals surface area (Å²) in [6, 6.07) is 14.3. The third-order valence-electron chi connectivity index (χ3n) is 3.29. The van der Waals surface area contributed by atoms with Gasteiger partial charge in [0.05, 0.1) is 30.2 Å². The first kappa shape index (κ1) is 19.1. The van der Waals surface area contributed by atoms with Gasteiger partial charge < -0.3 is 9.47 Å². The number of unbranched alkanes of at least 4 members (excludes halogenated alkanes) is 1. The lowest BCUT2D eigenvalue weighted by Crippen LogP contribution is -2.03. The van der Waals surface area contributed by atoms with Gasteiger partial charge in [-0.05, 0) is 68.3 Å². The summed E-state index contributed by atoms with van der Waals surface area (Å²) < 4.78 is 10.6. The molecule has 6 heteroatoms. The molecule has 0 aliphatic rings. The molecule has 0 aliphatic heterocycles. The molecule has 0 saturated heterocycles. The number of benzene rings is 2. The molecule has 2 aromatic rings. The number of carbonyl (C=O) groups is 1. The monoisotopic (exact) mass is 404 g/mol. The van der Waals surface area contributed by atoms with Crippen molar-refractivity contribution in [3.05, 3.63) is 54.1 Å². The van der Waals surface area contributed by atoms with Crippen LogP contribution in [0.2, 0.25) is 0 Å². The van der Waals surface area contributed by atoms with E-state index in [0.29, 0.717) is 24.5 Å². The predicted molar refractivity (Wildman–Crippen MR) is 102 cm³/mol. The van der Waals surface area contributed by atoms with Crippen molar-refractivity contribution in [1.82, 2.24) is 0 Å². The molecule has 0 bridgehead atoms. The molecule has 25 heavy (non-hydrogen) atoms. The van der Waals surface area contributed by atoms with Gasteiger partial charge in [-0.1, -0.05) is 15.9 Å². The number of hydrogen-bond donors (Lipinski definition) is 0. The summed E-state index contributed by atoms with van der Waals surface area (Å²) in [4.78, 5) is 11.6. The van der Waals surface area contributed by atoms with Gasteiger partial charge in [0.15, 0.2) is 0 Å². The Morgan fingerprint density at radius 1 is 0.960 bits per heavy atom. The maximum Gasteiger partial charge on any atom is 0.338 e. The molecule has 0 amide bonds. The van der Waals surface area contributed by atoms with Gasteiger partial charge in [0.2, 0.25) is 0 Å². The number of esters is 1. The summed E-state index contributed by atoms with van der Waals surface area (Å²) in [5.41, 5.74) is 1.91. The maximum atomic E-state index is 11.6. The van der Waals surface area contributed by atoms with Crippen LogP contribution in [-0.2, 0) is 4.74 Å². The zero-order valence-corrected chi connectivity index (χ0v) is 15.7. The van der Waals surface area contributed by atoms with Crippen LogP contribution in [0.3, 0.4) is 0 Å². The number of azo groups is 1. The highest BCUT2D eigenvalue weighted by Crippen LogP contribution is 2.22. The van der Waals surface area contributed by atoms with Gasteiger partial charge in [-0.2, -0.15) is 10.2 Å². The van der Waals surface area contributed by atoms with Crippen LogP contribution < -0.4 is 4.74 Å². The van der Waals surface area contributed by atoms with Crippen LogP contribution in [-0.4, -0.2) is 24.5 Å². The Labute approximate surface area is 156 Å². The predicted octanol–water partition coefficient (Wildman–Crippen LogP) is 5.83. The summed E-state index contributed by atoms with van der Waals surface area (Å²) in [5, 5.41) is 9.35. The van der Waals surface area contributed by atoms with Gasteiger partial charge in [-0.25, -0.2) is 4.79 Å². The zero-order chi connectivity index (χ0) is 17.9. The quantitative estimate of drug-likeness (QED) is 0.228. The van der Waals surface area contributed by atoms with Gasteiger partial charge in [0.1, 0.15) is 5.75 Å². The van der Waals surface area contributed by atoms with Crippen LogP contribution in [0.4, 0.5) is 11.4 Å². The van der Waals surface area contributed by atoms with Crippen molar-refractivity contribution in [1.29, 1.82) is 0 Å². The molecule has 0 radical (unpaired) electrons. The normalized spacial score (nSPS) is 10.8. The molecule has 132 valence electrons. The van der Waals surface area contributed by atoms with E-state index >= 15 is 0 Å². The summed E-state index contributed by atoms with van der Waals surface area (Å²) in [6.07, 6.45) is 2.12. The Kier molecular flexibility index (Phi) is 8.12. The van der Waals surface area contributed by atoms with Crippen molar-refractivity contribution in [3.63, 3.8) is 0 Å². The Morgan fingerprint density at radius 3 is 2.12 bits per heavy atom. The van der Waals surface area contributed by atoms with Crippen LogP contribution in [0.15, 0.2) is 58.8 Å². The first-order valence-corrected chi connectivity index (χ1v) is 9.33. The van der Waals surface area contributed by atoms with Crippen molar-refractivity contribution >= 4 is 33.3 Å². The molecular formula is C19H21BrN2O3. The molecule has 0 N–H and O–H groups in total. The highest BCUT2D eigenvalue weighted by Gasteiger charge is 2.05.